The van der Waals surface area contributed by atoms with Crippen molar-refractivity contribution in [2.45, 2.75) is 64.9 Å². The standard InChI is InChI=1S/C24H40N2O3/c1-24(2)20-7-6-19(22(24)14-20)16-29-17-21(27)15-25-12-8-18(9-13-25)23(28)26-10-4-3-5-11-26/h6,18,20-22,27H,3-5,7-17H2,1-2H3. The normalized spacial score (nSPS) is 31.1. The van der Waals surface area contributed by atoms with Crippen molar-refractivity contribution in [3.8, 4) is 0 Å². The molecule has 3 fully saturated rings. The molecule has 2 bridgehead atoms. The predicted molar refractivity (Wildman–Crippen MR) is 114 cm³/mol. The Bertz CT molecular complexity index is 603. The van der Waals surface area contributed by atoms with Crippen LogP contribution in [0, 0.1) is 23.2 Å². The van der Waals surface area contributed by atoms with Crippen LogP contribution in [-0.2, 0) is 9.53 Å². The number of hydrogen-bond donors (Lipinski definition) is 1. The van der Waals surface area contributed by atoms with E-state index in [2.05, 4.69) is 29.7 Å². The minimum atomic E-state index is -0.448. The number of allylic oxidation sites excluding steroid dienone is 1. The van der Waals surface area contributed by atoms with E-state index in [1.165, 1.54) is 24.8 Å². The van der Waals surface area contributed by atoms with Crippen LogP contribution in [-0.4, -0.2) is 72.9 Å². The van der Waals surface area contributed by atoms with Crippen LogP contribution in [0.2, 0.25) is 0 Å². The van der Waals surface area contributed by atoms with Gasteiger partial charge in [0.25, 0.3) is 0 Å². The number of piperidine rings is 2. The molecule has 164 valence electrons. The summed E-state index contributed by atoms with van der Waals surface area (Å²) in [6.45, 7) is 10.2. The van der Waals surface area contributed by atoms with Gasteiger partial charge in [0.1, 0.15) is 0 Å². The van der Waals surface area contributed by atoms with Gasteiger partial charge in [-0.25, -0.2) is 0 Å². The molecule has 1 saturated carbocycles. The van der Waals surface area contributed by atoms with Gasteiger partial charge in [-0.05, 0) is 80.9 Å². The molecular formula is C24H40N2O3. The van der Waals surface area contributed by atoms with Crippen LogP contribution in [0.3, 0.4) is 0 Å². The predicted octanol–water partition coefficient (Wildman–Crippen LogP) is 3.08. The summed E-state index contributed by atoms with van der Waals surface area (Å²) in [5.41, 5.74) is 1.88. The Hall–Kier alpha value is -0.910. The zero-order valence-corrected chi connectivity index (χ0v) is 18.4. The van der Waals surface area contributed by atoms with E-state index >= 15 is 0 Å². The molecule has 5 heteroatoms. The molecule has 0 aromatic rings. The molecule has 0 radical (unpaired) electrons. The zero-order valence-electron chi connectivity index (χ0n) is 18.4. The molecule has 3 unspecified atom stereocenters. The van der Waals surface area contributed by atoms with Gasteiger partial charge in [0.05, 0.1) is 19.3 Å². The highest BCUT2D eigenvalue weighted by Gasteiger charge is 2.50. The third-order valence-corrected chi connectivity index (χ3v) is 8.24. The molecule has 2 aliphatic heterocycles. The van der Waals surface area contributed by atoms with Crippen LogP contribution >= 0.6 is 0 Å². The van der Waals surface area contributed by atoms with Crippen molar-refractivity contribution in [3.63, 3.8) is 0 Å². The highest BCUT2D eigenvalue weighted by atomic mass is 16.5. The molecule has 1 N–H and O–H groups in total. The maximum Gasteiger partial charge on any atom is 0.225 e. The zero-order chi connectivity index (χ0) is 20.4. The minimum absolute atomic E-state index is 0.186. The Morgan fingerprint density at radius 2 is 1.93 bits per heavy atom. The van der Waals surface area contributed by atoms with Crippen LogP contribution in [0.5, 0.6) is 0 Å². The van der Waals surface area contributed by atoms with Crippen LogP contribution in [0.15, 0.2) is 11.6 Å². The van der Waals surface area contributed by atoms with Crippen molar-refractivity contribution in [1.29, 1.82) is 0 Å². The number of carbonyl (C=O) groups is 1. The minimum Gasteiger partial charge on any atom is -0.389 e. The molecule has 0 aromatic carbocycles. The number of hydrogen-bond acceptors (Lipinski definition) is 4. The summed E-state index contributed by atoms with van der Waals surface area (Å²) in [5, 5.41) is 10.4. The van der Waals surface area contributed by atoms with E-state index in [1.54, 1.807) is 0 Å². The maximum atomic E-state index is 12.7. The Morgan fingerprint density at radius 1 is 1.21 bits per heavy atom. The Kier molecular flexibility index (Phi) is 6.67. The maximum absolute atomic E-state index is 12.7. The largest absolute Gasteiger partial charge is 0.389 e. The molecule has 5 rings (SSSR count). The van der Waals surface area contributed by atoms with Crippen molar-refractivity contribution < 1.29 is 14.6 Å². The number of fused-ring (bicyclic) bond motifs is 1. The van der Waals surface area contributed by atoms with E-state index in [4.69, 9.17) is 4.74 Å². The van der Waals surface area contributed by atoms with E-state index in [0.29, 0.717) is 37.0 Å². The molecule has 5 nitrogen and oxygen atoms in total. The van der Waals surface area contributed by atoms with Gasteiger partial charge in [0.15, 0.2) is 0 Å². The number of aliphatic hydroxyl groups is 1. The van der Waals surface area contributed by atoms with Gasteiger partial charge in [0, 0.05) is 25.6 Å². The average molecular weight is 405 g/mol. The summed E-state index contributed by atoms with van der Waals surface area (Å²) in [6.07, 6.45) is 9.86. The van der Waals surface area contributed by atoms with Crippen molar-refractivity contribution >= 4 is 5.91 Å². The Morgan fingerprint density at radius 3 is 2.59 bits per heavy atom. The van der Waals surface area contributed by atoms with Crippen molar-refractivity contribution in [2.75, 3.05) is 45.9 Å². The van der Waals surface area contributed by atoms with Gasteiger partial charge in [-0.15, -0.1) is 0 Å². The van der Waals surface area contributed by atoms with Crippen molar-refractivity contribution in [3.05, 3.63) is 11.6 Å². The molecule has 2 heterocycles. The number of rotatable bonds is 7. The van der Waals surface area contributed by atoms with Gasteiger partial charge in [-0.3, -0.25) is 4.79 Å². The first-order chi connectivity index (χ1) is 13.9. The van der Waals surface area contributed by atoms with Crippen molar-refractivity contribution in [2.24, 2.45) is 23.2 Å². The molecule has 0 aromatic heterocycles. The summed E-state index contributed by atoms with van der Waals surface area (Å²) in [4.78, 5) is 17.1. The van der Waals surface area contributed by atoms with Gasteiger partial charge in [0.2, 0.25) is 5.91 Å². The van der Waals surface area contributed by atoms with E-state index < -0.39 is 6.10 Å². The second-order valence-corrected chi connectivity index (χ2v) is 10.5. The lowest BCUT2D eigenvalue weighted by Gasteiger charge is -2.56. The third kappa shape index (κ3) is 4.72. The lowest BCUT2D eigenvalue weighted by atomic mass is 9.49. The first-order valence-corrected chi connectivity index (χ1v) is 11.9. The summed E-state index contributed by atoms with van der Waals surface area (Å²) in [7, 11) is 0. The first-order valence-electron chi connectivity index (χ1n) is 11.9. The van der Waals surface area contributed by atoms with E-state index in [9.17, 15) is 9.90 Å². The number of amides is 1. The Balaban J connectivity index is 1.13. The second-order valence-electron chi connectivity index (χ2n) is 10.5. The third-order valence-electron chi connectivity index (χ3n) is 8.24. The number of ether oxygens (including phenoxy) is 1. The number of carbonyl (C=O) groups excluding carboxylic acids is 1. The molecule has 5 aliphatic rings. The smallest absolute Gasteiger partial charge is 0.225 e. The molecule has 2 saturated heterocycles. The topological polar surface area (TPSA) is 53.0 Å². The fourth-order valence-electron chi connectivity index (χ4n) is 6.04. The van der Waals surface area contributed by atoms with Crippen LogP contribution in [0.25, 0.3) is 0 Å². The highest BCUT2D eigenvalue weighted by molar-refractivity contribution is 5.79. The molecular weight excluding hydrogens is 364 g/mol. The molecule has 3 aliphatic carbocycles. The van der Waals surface area contributed by atoms with Crippen LogP contribution in [0.4, 0.5) is 0 Å². The van der Waals surface area contributed by atoms with Crippen LogP contribution < -0.4 is 0 Å². The molecule has 0 spiro atoms. The SMILES string of the molecule is CC1(C)C2CC=C(COCC(O)CN3CCC(C(=O)N4CCCCC4)CC3)C1C2. The fourth-order valence-corrected chi connectivity index (χ4v) is 6.04. The van der Waals surface area contributed by atoms with E-state index in [-0.39, 0.29) is 5.92 Å². The highest BCUT2D eigenvalue weighted by Crippen LogP contribution is 2.59. The number of nitrogens with zero attached hydrogens (tertiary/aromatic N) is 2. The number of aliphatic hydroxyl groups excluding tert-OH is 1. The van der Waals surface area contributed by atoms with E-state index in [1.807, 2.05) is 0 Å². The van der Waals surface area contributed by atoms with Gasteiger partial charge in [-0.2, -0.15) is 0 Å². The fraction of sp³-hybridized carbons (Fsp3) is 0.875. The van der Waals surface area contributed by atoms with Gasteiger partial charge in [-0.1, -0.05) is 19.9 Å². The number of β-amino-alcohol motifs (C(OH)–C–C–N with tert-alkyl or cyclic N) is 1. The second kappa shape index (κ2) is 9.07. The molecule has 3 atom stereocenters. The molecule has 1 amide bonds. The summed E-state index contributed by atoms with van der Waals surface area (Å²) >= 11 is 0. The summed E-state index contributed by atoms with van der Waals surface area (Å²) < 4.78 is 5.90. The Labute approximate surface area is 176 Å². The van der Waals surface area contributed by atoms with Crippen molar-refractivity contribution in [1.82, 2.24) is 9.80 Å². The lowest BCUT2D eigenvalue weighted by Crippen LogP contribution is -2.49. The number of likely N-dealkylation sites (tertiary alicyclic amines) is 2. The summed E-state index contributed by atoms with van der Waals surface area (Å²) in [6, 6.07) is 0. The van der Waals surface area contributed by atoms with Crippen LogP contribution in [0.1, 0.15) is 58.8 Å². The van der Waals surface area contributed by atoms with Gasteiger partial charge >= 0.3 is 0 Å². The lowest BCUT2D eigenvalue weighted by molar-refractivity contribution is -0.138. The molecule has 29 heavy (non-hydrogen) atoms. The van der Waals surface area contributed by atoms with Gasteiger partial charge < -0.3 is 19.6 Å². The average Bonchev–Trinajstić information content (AvgIpc) is 2.74. The van der Waals surface area contributed by atoms with E-state index in [0.717, 1.165) is 57.8 Å². The monoisotopic (exact) mass is 404 g/mol. The summed E-state index contributed by atoms with van der Waals surface area (Å²) in [5.74, 6) is 2.09. The quantitative estimate of drug-likeness (QED) is 0.663. The first kappa shape index (κ1) is 21.3.